The summed E-state index contributed by atoms with van der Waals surface area (Å²) in [5.41, 5.74) is 6.35. The molecule has 0 bridgehead atoms. The van der Waals surface area contributed by atoms with Crippen molar-refractivity contribution in [2.75, 3.05) is 6.26 Å². The van der Waals surface area contributed by atoms with Crippen LogP contribution in [0.5, 0.6) is 11.5 Å². The zero-order valence-corrected chi connectivity index (χ0v) is 15.0. The lowest BCUT2D eigenvalue weighted by Crippen LogP contribution is -2.15. The SMILES string of the molecule is CSc1cccc(Oc2ccc(Br)cc2Br)c1/C(N)=N/O. The lowest BCUT2D eigenvalue weighted by molar-refractivity contribution is 0.318. The van der Waals surface area contributed by atoms with Gasteiger partial charge in [0, 0.05) is 9.37 Å². The maximum Gasteiger partial charge on any atom is 0.175 e. The molecule has 2 aromatic rings. The Bertz CT molecular complexity index is 693. The second-order valence-electron chi connectivity index (χ2n) is 4.00. The third-order valence-electron chi connectivity index (χ3n) is 2.69. The molecule has 2 aromatic carbocycles. The van der Waals surface area contributed by atoms with Crippen LogP contribution in [0.25, 0.3) is 0 Å². The van der Waals surface area contributed by atoms with Gasteiger partial charge in [-0.15, -0.1) is 11.8 Å². The van der Waals surface area contributed by atoms with Crippen LogP contribution in [0.4, 0.5) is 0 Å². The second-order valence-corrected chi connectivity index (χ2v) is 6.61. The molecule has 2 rings (SSSR count). The van der Waals surface area contributed by atoms with E-state index >= 15 is 0 Å². The van der Waals surface area contributed by atoms with E-state index in [-0.39, 0.29) is 5.84 Å². The molecule has 4 nitrogen and oxygen atoms in total. The molecule has 21 heavy (non-hydrogen) atoms. The molecule has 0 heterocycles. The van der Waals surface area contributed by atoms with Crippen molar-refractivity contribution in [2.45, 2.75) is 4.90 Å². The summed E-state index contributed by atoms with van der Waals surface area (Å²) < 4.78 is 7.65. The van der Waals surface area contributed by atoms with Crippen LogP contribution >= 0.6 is 43.6 Å². The van der Waals surface area contributed by atoms with Crippen molar-refractivity contribution in [3.05, 3.63) is 50.9 Å². The van der Waals surface area contributed by atoms with Gasteiger partial charge in [-0.2, -0.15) is 0 Å². The van der Waals surface area contributed by atoms with Gasteiger partial charge in [0.15, 0.2) is 5.84 Å². The molecule has 0 fully saturated rings. The quantitative estimate of drug-likeness (QED) is 0.239. The summed E-state index contributed by atoms with van der Waals surface area (Å²) in [5, 5.41) is 12.1. The molecule has 0 aliphatic rings. The number of oxime groups is 1. The lowest BCUT2D eigenvalue weighted by Gasteiger charge is -2.14. The maximum absolute atomic E-state index is 8.97. The highest BCUT2D eigenvalue weighted by atomic mass is 79.9. The summed E-state index contributed by atoms with van der Waals surface area (Å²) in [4.78, 5) is 0.871. The third kappa shape index (κ3) is 3.72. The molecule has 0 unspecified atom stereocenters. The highest BCUT2D eigenvalue weighted by Gasteiger charge is 2.15. The summed E-state index contributed by atoms with van der Waals surface area (Å²) in [5.74, 6) is 1.19. The van der Waals surface area contributed by atoms with Crippen LogP contribution < -0.4 is 10.5 Å². The second kappa shape index (κ2) is 7.20. The van der Waals surface area contributed by atoms with Gasteiger partial charge in [0.1, 0.15) is 11.5 Å². The van der Waals surface area contributed by atoms with Crippen molar-refractivity contribution in [1.29, 1.82) is 0 Å². The predicted octanol–water partition coefficient (Wildman–Crippen LogP) is 4.82. The topological polar surface area (TPSA) is 67.8 Å². The van der Waals surface area contributed by atoms with Gasteiger partial charge in [-0.25, -0.2) is 0 Å². The van der Waals surface area contributed by atoms with Crippen molar-refractivity contribution in [3.63, 3.8) is 0 Å². The Balaban J connectivity index is 2.49. The Morgan fingerprint density at radius 1 is 1.24 bits per heavy atom. The average Bonchev–Trinajstić information content (AvgIpc) is 2.49. The minimum atomic E-state index is 0.0168. The number of rotatable bonds is 4. The Hall–Kier alpha value is -1.18. The zero-order chi connectivity index (χ0) is 15.4. The molecule has 0 saturated carbocycles. The van der Waals surface area contributed by atoms with E-state index in [1.807, 2.05) is 36.6 Å². The number of thioether (sulfide) groups is 1. The van der Waals surface area contributed by atoms with Crippen LogP contribution in [0.1, 0.15) is 5.56 Å². The van der Waals surface area contributed by atoms with Gasteiger partial charge in [0.05, 0.1) is 10.0 Å². The molecule has 0 aliphatic heterocycles. The molecule has 0 aliphatic carbocycles. The molecule has 0 saturated heterocycles. The van der Waals surface area contributed by atoms with Crippen molar-refractivity contribution >= 4 is 49.5 Å². The van der Waals surface area contributed by atoms with Gasteiger partial charge < -0.3 is 15.7 Å². The van der Waals surface area contributed by atoms with E-state index in [1.165, 1.54) is 11.8 Å². The Labute approximate surface area is 143 Å². The Kier molecular flexibility index (Phi) is 5.55. The summed E-state index contributed by atoms with van der Waals surface area (Å²) in [6, 6.07) is 11.1. The van der Waals surface area contributed by atoms with Gasteiger partial charge in [-0.3, -0.25) is 0 Å². The Morgan fingerprint density at radius 3 is 2.62 bits per heavy atom. The summed E-state index contributed by atoms with van der Waals surface area (Å²) >= 11 is 8.34. The molecule has 0 radical (unpaired) electrons. The van der Waals surface area contributed by atoms with E-state index in [9.17, 15) is 0 Å². The van der Waals surface area contributed by atoms with Crippen molar-refractivity contribution in [3.8, 4) is 11.5 Å². The first-order valence-corrected chi connectivity index (χ1v) is 8.65. The fourth-order valence-electron chi connectivity index (χ4n) is 1.75. The first-order chi connectivity index (χ1) is 10.1. The zero-order valence-electron chi connectivity index (χ0n) is 11.0. The van der Waals surface area contributed by atoms with Crippen LogP contribution in [-0.2, 0) is 0 Å². The lowest BCUT2D eigenvalue weighted by atomic mass is 10.2. The van der Waals surface area contributed by atoms with E-state index in [0.29, 0.717) is 17.1 Å². The standard InChI is InChI=1S/C14H12Br2N2O2S/c1-21-12-4-2-3-11(13(12)14(17)18-19)20-10-6-5-8(15)7-9(10)16/h2-7,19H,1H3,(H2,17,18). The summed E-state index contributed by atoms with van der Waals surface area (Å²) in [6.45, 7) is 0. The van der Waals surface area contributed by atoms with E-state index < -0.39 is 0 Å². The number of ether oxygens (including phenoxy) is 1. The highest BCUT2D eigenvalue weighted by Crippen LogP contribution is 2.36. The largest absolute Gasteiger partial charge is 0.455 e. The average molecular weight is 432 g/mol. The van der Waals surface area contributed by atoms with Crippen molar-refractivity contribution < 1.29 is 9.94 Å². The first-order valence-electron chi connectivity index (χ1n) is 5.84. The van der Waals surface area contributed by atoms with Crippen molar-refractivity contribution in [1.82, 2.24) is 0 Å². The van der Waals surface area contributed by atoms with Gasteiger partial charge in [-0.1, -0.05) is 27.2 Å². The number of nitrogens with two attached hydrogens (primary N) is 1. The predicted molar refractivity (Wildman–Crippen MR) is 92.6 cm³/mol. The molecule has 3 N–H and O–H groups in total. The summed E-state index contributed by atoms with van der Waals surface area (Å²) in [6.07, 6.45) is 1.92. The van der Waals surface area contributed by atoms with Crippen LogP contribution in [0.15, 0.2) is 55.4 Å². The van der Waals surface area contributed by atoms with Gasteiger partial charge in [0.2, 0.25) is 0 Å². The van der Waals surface area contributed by atoms with Gasteiger partial charge in [0.25, 0.3) is 0 Å². The number of hydrogen-bond acceptors (Lipinski definition) is 4. The minimum Gasteiger partial charge on any atom is -0.455 e. The normalized spacial score (nSPS) is 11.5. The molecule has 0 atom stereocenters. The van der Waals surface area contributed by atoms with E-state index in [2.05, 4.69) is 37.0 Å². The minimum absolute atomic E-state index is 0.0168. The molecule has 7 heteroatoms. The highest BCUT2D eigenvalue weighted by molar-refractivity contribution is 9.11. The number of hydrogen-bond donors (Lipinski definition) is 2. The van der Waals surface area contributed by atoms with Crippen LogP contribution in [0, 0.1) is 0 Å². The van der Waals surface area contributed by atoms with E-state index in [0.717, 1.165) is 13.8 Å². The molecule has 0 aromatic heterocycles. The number of benzene rings is 2. The molecule has 0 spiro atoms. The monoisotopic (exact) mass is 430 g/mol. The maximum atomic E-state index is 8.97. The number of nitrogens with zero attached hydrogens (tertiary/aromatic N) is 1. The number of amidine groups is 1. The summed E-state index contributed by atoms with van der Waals surface area (Å²) in [7, 11) is 0. The van der Waals surface area contributed by atoms with Crippen molar-refractivity contribution in [2.24, 2.45) is 10.9 Å². The molecular formula is C14H12Br2N2O2S. The first kappa shape index (κ1) is 16.2. The molecular weight excluding hydrogens is 420 g/mol. The fraction of sp³-hybridized carbons (Fsp3) is 0.0714. The van der Waals surface area contributed by atoms with Gasteiger partial charge >= 0.3 is 0 Å². The van der Waals surface area contributed by atoms with Gasteiger partial charge in [-0.05, 0) is 52.5 Å². The molecule has 0 amide bonds. The fourth-order valence-corrected chi connectivity index (χ4v) is 3.50. The van der Waals surface area contributed by atoms with Crippen LogP contribution in [-0.4, -0.2) is 17.3 Å². The molecule has 110 valence electrons. The number of halogens is 2. The smallest absolute Gasteiger partial charge is 0.175 e. The van der Waals surface area contributed by atoms with Crippen LogP contribution in [0.3, 0.4) is 0 Å². The third-order valence-corrected chi connectivity index (χ3v) is 4.58. The van der Waals surface area contributed by atoms with E-state index in [4.69, 9.17) is 15.7 Å². The van der Waals surface area contributed by atoms with E-state index in [1.54, 1.807) is 6.07 Å². The van der Waals surface area contributed by atoms with Crippen LogP contribution in [0.2, 0.25) is 0 Å². The Morgan fingerprint density at radius 2 is 2.00 bits per heavy atom.